The van der Waals surface area contributed by atoms with E-state index in [0.717, 1.165) is 10.9 Å². The topological polar surface area (TPSA) is 107 Å². The van der Waals surface area contributed by atoms with Gasteiger partial charge in [-0.25, -0.2) is 9.37 Å². The second-order valence-corrected chi connectivity index (χ2v) is 5.37. The zero-order chi connectivity index (χ0) is 16.6. The quantitative estimate of drug-likeness (QED) is 0.587. The van der Waals surface area contributed by atoms with Crippen LogP contribution in [0.2, 0.25) is 0 Å². The molecule has 4 N–H and O–H groups in total. The summed E-state index contributed by atoms with van der Waals surface area (Å²) < 4.78 is 13.4. The molecule has 23 heavy (non-hydrogen) atoms. The second-order valence-electron chi connectivity index (χ2n) is 5.37. The summed E-state index contributed by atoms with van der Waals surface area (Å²) in [5.74, 6) is 0.0191. The third-order valence-corrected chi connectivity index (χ3v) is 3.49. The number of halogens is 1. The lowest BCUT2D eigenvalue weighted by Gasteiger charge is -2.00. The summed E-state index contributed by atoms with van der Waals surface area (Å²) in [7, 11) is 0. The van der Waals surface area contributed by atoms with Crippen LogP contribution in [0.4, 0.5) is 4.39 Å². The molecule has 8 heteroatoms. The molecule has 0 saturated carbocycles. The molecule has 2 heterocycles. The number of carbonyl (C=O) groups excluding carboxylic acids is 1. The van der Waals surface area contributed by atoms with Crippen LogP contribution < -0.4 is 5.32 Å². The predicted octanol–water partition coefficient (Wildman–Crippen LogP) is 1.72. The van der Waals surface area contributed by atoms with Gasteiger partial charge in [-0.2, -0.15) is 5.10 Å². The number of fused-ring (bicyclic) bond motifs is 1. The van der Waals surface area contributed by atoms with Crippen molar-refractivity contribution in [3.8, 4) is 0 Å². The summed E-state index contributed by atoms with van der Waals surface area (Å²) in [5.41, 5.74) is 1.67. The number of carbonyl (C=O) groups is 1. The molecule has 3 aromatic rings. The third-order valence-electron chi connectivity index (χ3n) is 3.49. The predicted molar refractivity (Wildman–Crippen MR) is 81.2 cm³/mol. The van der Waals surface area contributed by atoms with Gasteiger partial charge < -0.3 is 15.4 Å². The van der Waals surface area contributed by atoms with E-state index in [0.29, 0.717) is 17.0 Å². The van der Waals surface area contributed by atoms with Crippen LogP contribution in [-0.2, 0) is 6.54 Å². The van der Waals surface area contributed by atoms with Gasteiger partial charge in [-0.15, -0.1) is 0 Å². The lowest BCUT2D eigenvalue weighted by molar-refractivity contribution is 0.0945. The third kappa shape index (κ3) is 3.07. The standard InChI is InChI=1S/C15H16FN5O2/c1-7-3-9(16)4-11-10(7)5-12(18-11)15(23)17-6-13-19-14(8(2)22)21-20-13/h3-5,8,18,22H,6H2,1-2H3,(H,17,23)(H,19,20,21)/t8-/m0/s1. The maximum absolute atomic E-state index is 13.4. The summed E-state index contributed by atoms with van der Waals surface area (Å²) in [6.45, 7) is 3.48. The number of aryl methyl sites for hydroxylation is 1. The molecule has 1 atom stereocenters. The zero-order valence-corrected chi connectivity index (χ0v) is 12.6. The Balaban J connectivity index is 1.74. The van der Waals surface area contributed by atoms with Gasteiger partial charge in [0.1, 0.15) is 23.4 Å². The first-order valence-electron chi connectivity index (χ1n) is 7.10. The smallest absolute Gasteiger partial charge is 0.268 e. The van der Waals surface area contributed by atoms with Crippen molar-refractivity contribution in [1.82, 2.24) is 25.5 Å². The van der Waals surface area contributed by atoms with Gasteiger partial charge >= 0.3 is 0 Å². The van der Waals surface area contributed by atoms with E-state index in [1.807, 2.05) is 0 Å². The van der Waals surface area contributed by atoms with Gasteiger partial charge in [-0.3, -0.25) is 9.89 Å². The fourth-order valence-electron chi connectivity index (χ4n) is 2.33. The average Bonchev–Trinajstić information content (AvgIpc) is 3.11. The van der Waals surface area contributed by atoms with Crippen LogP contribution in [0.3, 0.4) is 0 Å². The number of amides is 1. The molecule has 0 aliphatic rings. The summed E-state index contributed by atoms with van der Waals surface area (Å²) in [6.07, 6.45) is -0.776. The molecule has 120 valence electrons. The molecule has 2 aromatic heterocycles. The van der Waals surface area contributed by atoms with Crippen molar-refractivity contribution in [3.05, 3.63) is 46.9 Å². The normalized spacial score (nSPS) is 12.5. The maximum Gasteiger partial charge on any atom is 0.268 e. The lowest BCUT2D eigenvalue weighted by Crippen LogP contribution is -2.23. The molecule has 0 bridgehead atoms. The molecule has 0 aliphatic heterocycles. The molecular weight excluding hydrogens is 301 g/mol. The first-order chi connectivity index (χ1) is 10.9. The van der Waals surface area contributed by atoms with Gasteiger partial charge in [-0.05, 0) is 37.6 Å². The van der Waals surface area contributed by atoms with Crippen molar-refractivity contribution in [2.75, 3.05) is 0 Å². The van der Waals surface area contributed by atoms with Gasteiger partial charge in [0, 0.05) is 10.9 Å². The van der Waals surface area contributed by atoms with E-state index in [9.17, 15) is 14.3 Å². The first kappa shape index (κ1) is 15.2. The molecule has 3 rings (SSSR count). The highest BCUT2D eigenvalue weighted by Crippen LogP contribution is 2.21. The van der Waals surface area contributed by atoms with Crippen LogP contribution in [0.25, 0.3) is 10.9 Å². The number of aromatic nitrogens is 4. The summed E-state index contributed by atoms with van der Waals surface area (Å²) in [5, 5.41) is 19.3. The van der Waals surface area contributed by atoms with Crippen LogP contribution in [0.15, 0.2) is 18.2 Å². The Hall–Kier alpha value is -2.74. The van der Waals surface area contributed by atoms with Crippen LogP contribution >= 0.6 is 0 Å². The summed E-state index contributed by atoms with van der Waals surface area (Å²) in [6, 6.07) is 4.45. The monoisotopic (exact) mass is 317 g/mol. The van der Waals surface area contributed by atoms with E-state index in [2.05, 4.69) is 25.5 Å². The van der Waals surface area contributed by atoms with Crippen molar-refractivity contribution in [3.63, 3.8) is 0 Å². The Morgan fingerprint density at radius 1 is 1.43 bits per heavy atom. The number of H-pyrrole nitrogens is 2. The minimum absolute atomic E-state index is 0.140. The minimum Gasteiger partial charge on any atom is -0.385 e. The molecule has 0 aliphatic carbocycles. The number of nitrogens with zero attached hydrogens (tertiary/aromatic N) is 2. The SMILES string of the molecule is Cc1cc(F)cc2[nH]c(C(=O)NCc3nc([C@H](C)O)n[nH]3)cc12. The average molecular weight is 317 g/mol. The van der Waals surface area contributed by atoms with Crippen LogP contribution in [0, 0.1) is 12.7 Å². The molecule has 0 saturated heterocycles. The molecule has 1 aromatic carbocycles. The highest BCUT2D eigenvalue weighted by Gasteiger charge is 2.13. The van der Waals surface area contributed by atoms with Crippen molar-refractivity contribution < 1.29 is 14.3 Å². The number of aromatic amines is 2. The molecule has 0 fully saturated rings. The van der Waals surface area contributed by atoms with Gasteiger partial charge in [0.25, 0.3) is 5.91 Å². The number of hydrogen-bond donors (Lipinski definition) is 4. The van der Waals surface area contributed by atoms with Gasteiger partial charge in [-0.1, -0.05) is 0 Å². The van der Waals surface area contributed by atoms with E-state index < -0.39 is 6.10 Å². The number of benzene rings is 1. The van der Waals surface area contributed by atoms with E-state index in [1.165, 1.54) is 12.1 Å². The molecule has 0 radical (unpaired) electrons. The first-order valence-corrected chi connectivity index (χ1v) is 7.10. The Bertz CT molecular complexity index is 868. The van der Waals surface area contributed by atoms with Crippen LogP contribution in [0.1, 0.15) is 40.7 Å². The lowest BCUT2D eigenvalue weighted by atomic mass is 10.1. The largest absolute Gasteiger partial charge is 0.385 e. The highest BCUT2D eigenvalue weighted by atomic mass is 19.1. The molecular formula is C15H16FN5O2. The summed E-state index contributed by atoms with van der Waals surface area (Å²) >= 11 is 0. The second kappa shape index (κ2) is 5.81. The van der Waals surface area contributed by atoms with Crippen molar-refractivity contribution in [2.45, 2.75) is 26.5 Å². The van der Waals surface area contributed by atoms with Crippen molar-refractivity contribution >= 4 is 16.8 Å². The van der Waals surface area contributed by atoms with E-state index >= 15 is 0 Å². The van der Waals surface area contributed by atoms with Gasteiger partial charge in [0.15, 0.2) is 5.82 Å². The van der Waals surface area contributed by atoms with E-state index in [1.54, 1.807) is 19.9 Å². The van der Waals surface area contributed by atoms with Gasteiger partial charge in [0.2, 0.25) is 0 Å². The number of aliphatic hydroxyl groups excluding tert-OH is 1. The summed E-state index contributed by atoms with van der Waals surface area (Å²) in [4.78, 5) is 19.1. The minimum atomic E-state index is -0.776. The zero-order valence-electron chi connectivity index (χ0n) is 12.6. The number of hydrogen-bond acceptors (Lipinski definition) is 4. The van der Waals surface area contributed by atoms with Crippen molar-refractivity contribution in [2.24, 2.45) is 0 Å². The van der Waals surface area contributed by atoms with Crippen molar-refractivity contribution in [1.29, 1.82) is 0 Å². The fraction of sp³-hybridized carbons (Fsp3) is 0.267. The van der Waals surface area contributed by atoms with Crippen LogP contribution in [-0.4, -0.2) is 31.2 Å². The Kier molecular flexibility index (Phi) is 3.83. The number of rotatable bonds is 4. The Labute approximate surface area is 130 Å². The molecule has 7 nitrogen and oxygen atoms in total. The number of aliphatic hydroxyl groups is 1. The maximum atomic E-state index is 13.4. The van der Waals surface area contributed by atoms with Crippen LogP contribution in [0.5, 0.6) is 0 Å². The fourth-order valence-corrected chi connectivity index (χ4v) is 2.33. The molecule has 0 spiro atoms. The van der Waals surface area contributed by atoms with E-state index in [-0.39, 0.29) is 24.1 Å². The molecule has 1 amide bonds. The van der Waals surface area contributed by atoms with Gasteiger partial charge in [0.05, 0.1) is 6.54 Å². The Morgan fingerprint density at radius 3 is 2.91 bits per heavy atom. The van der Waals surface area contributed by atoms with E-state index in [4.69, 9.17) is 0 Å². The molecule has 0 unspecified atom stereocenters. The number of nitrogens with one attached hydrogen (secondary N) is 3. The highest BCUT2D eigenvalue weighted by molar-refractivity contribution is 5.98. The Morgan fingerprint density at radius 2 is 2.22 bits per heavy atom.